The average molecular weight is 250 g/mol. The fourth-order valence-electron chi connectivity index (χ4n) is 1.37. The van der Waals surface area contributed by atoms with Gasteiger partial charge < -0.3 is 4.57 Å². The number of rotatable bonds is 1. The number of nitrogens with zero attached hydrogens (tertiary/aromatic N) is 3. The van der Waals surface area contributed by atoms with Crippen molar-refractivity contribution in [1.82, 2.24) is 14.5 Å². The maximum Gasteiger partial charge on any atom is 0.408 e. The molecule has 2 heterocycles. The van der Waals surface area contributed by atoms with Crippen LogP contribution in [0.4, 0.5) is 13.2 Å². The Balaban J connectivity index is 2.57. The number of pyridine rings is 1. The van der Waals surface area contributed by atoms with Gasteiger partial charge in [-0.2, -0.15) is 13.2 Å². The fraction of sp³-hybridized carbons (Fsp3) is 0.333. The van der Waals surface area contributed by atoms with Gasteiger partial charge in [-0.05, 0) is 6.92 Å². The first kappa shape index (κ1) is 11.2. The minimum Gasteiger partial charge on any atom is -0.318 e. The first-order chi connectivity index (χ1) is 7.39. The second kappa shape index (κ2) is 3.62. The molecule has 0 spiro atoms. The fourth-order valence-corrected chi connectivity index (χ4v) is 1.52. The maximum atomic E-state index is 12.5. The molecule has 3 nitrogen and oxygen atoms in total. The predicted octanol–water partition coefficient (Wildman–Crippen LogP) is 3.21. The molecule has 0 aromatic carbocycles. The summed E-state index contributed by atoms with van der Waals surface area (Å²) < 4.78 is 38.7. The van der Waals surface area contributed by atoms with E-state index in [0.717, 1.165) is 17.8 Å². The van der Waals surface area contributed by atoms with Gasteiger partial charge in [0.2, 0.25) is 0 Å². The van der Waals surface area contributed by atoms with Crippen molar-refractivity contribution in [2.75, 3.05) is 0 Å². The van der Waals surface area contributed by atoms with Crippen LogP contribution in [0.3, 0.4) is 0 Å². The Morgan fingerprint density at radius 3 is 2.69 bits per heavy atom. The Morgan fingerprint density at radius 1 is 1.38 bits per heavy atom. The van der Waals surface area contributed by atoms with E-state index in [9.17, 15) is 13.2 Å². The van der Waals surface area contributed by atoms with Gasteiger partial charge in [0, 0.05) is 6.07 Å². The molecule has 0 bridgehead atoms. The van der Waals surface area contributed by atoms with E-state index in [4.69, 9.17) is 11.6 Å². The zero-order chi connectivity index (χ0) is 11.9. The van der Waals surface area contributed by atoms with Crippen molar-refractivity contribution in [2.24, 2.45) is 0 Å². The van der Waals surface area contributed by atoms with Crippen molar-refractivity contribution in [2.45, 2.75) is 19.1 Å². The average Bonchev–Trinajstić information content (AvgIpc) is 2.57. The van der Waals surface area contributed by atoms with Crippen LogP contribution in [0, 0.1) is 0 Å². The van der Waals surface area contributed by atoms with Crippen molar-refractivity contribution in [3.63, 3.8) is 0 Å². The van der Waals surface area contributed by atoms with Crippen molar-refractivity contribution in [3.8, 4) is 0 Å². The summed E-state index contributed by atoms with van der Waals surface area (Å²) in [7, 11) is 0. The molecular weight excluding hydrogens is 243 g/mol. The highest BCUT2D eigenvalue weighted by atomic mass is 35.5. The van der Waals surface area contributed by atoms with E-state index in [2.05, 4.69) is 9.97 Å². The number of alkyl halides is 3. The highest BCUT2D eigenvalue weighted by molar-refractivity contribution is 6.29. The molecule has 1 unspecified atom stereocenters. The summed E-state index contributed by atoms with van der Waals surface area (Å²) in [6.45, 7) is 1.06. The molecule has 7 heteroatoms. The molecule has 86 valence electrons. The lowest BCUT2D eigenvalue weighted by molar-refractivity contribution is -0.162. The molecule has 0 aliphatic rings. The van der Waals surface area contributed by atoms with Crippen molar-refractivity contribution in [1.29, 1.82) is 0 Å². The van der Waals surface area contributed by atoms with Gasteiger partial charge in [0.05, 0.1) is 18.0 Å². The van der Waals surface area contributed by atoms with Crippen LogP contribution in [0.2, 0.25) is 5.15 Å². The summed E-state index contributed by atoms with van der Waals surface area (Å²) in [6.07, 6.45) is -1.83. The summed E-state index contributed by atoms with van der Waals surface area (Å²) in [5.74, 6) is 0. The molecule has 0 saturated heterocycles. The highest BCUT2D eigenvalue weighted by Gasteiger charge is 2.37. The summed E-state index contributed by atoms with van der Waals surface area (Å²) >= 11 is 5.63. The van der Waals surface area contributed by atoms with Gasteiger partial charge in [-0.15, -0.1) is 0 Å². The minimum atomic E-state index is -4.32. The first-order valence-corrected chi connectivity index (χ1v) is 4.82. The number of fused-ring (bicyclic) bond motifs is 1. The Morgan fingerprint density at radius 2 is 2.06 bits per heavy atom. The van der Waals surface area contributed by atoms with Crippen molar-refractivity contribution in [3.05, 3.63) is 23.7 Å². The molecule has 0 saturated carbocycles. The third-order valence-corrected chi connectivity index (χ3v) is 2.53. The summed E-state index contributed by atoms with van der Waals surface area (Å²) in [4.78, 5) is 7.59. The van der Waals surface area contributed by atoms with E-state index in [-0.39, 0.29) is 5.15 Å². The number of imidazole rings is 1. The van der Waals surface area contributed by atoms with E-state index >= 15 is 0 Å². The molecule has 2 aromatic rings. The van der Waals surface area contributed by atoms with Crippen LogP contribution in [0.1, 0.15) is 13.0 Å². The van der Waals surface area contributed by atoms with Crippen LogP contribution >= 0.6 is 11.6 Å². The maximum absolute atomic E-state index is 12.5. The molecule has 0 fully saturated rings. The molecule has 0 aliphatic carbocycles. The van der Waals surface area contributed by atoms with Crippen LogP contribution in [-0.4, -0.2) is 20.7 Å². The van der Waals surface area contributed by atoms with E-state index in [0.29, 0.717) is 11.0 Å². The molecule has 0 aliphatic heterocycles. The highest BCUT2D eigenvalue weighted by Crippen LogP contribution is 2.32. The van der Waals surface area contributed by atoms with E-state index in [1.807, 2.05) is 0 Å². The van der Waals surface area contributed by atoms with Crippen molar-refractivity contribution >= 4 is 22.6 Å². The summed E-state index contributed by atoms with van der Waals surface area (Å²) in [5, 5.41) is 0.142. The van der Waals surface area contributed by atoms with E-state index in [1.54, 1.807) is 0 Å². The molecule has 16 heavy (non-hydrogen) atoms. The standard InChI is InChI=1S/C9H7ClF3N3/c1-5(9(11,12)13)16-4-15-6-3-14-8(10)2-7(6)16/h2-5H,1H3. The SMILES string of the molecule is CC(n1cnc2cnc(Cl)cc21)C(F)(F)F. The summed E-state index contributed by atoms with van der Waals surface area (Å²) in [6, 6.07) is -0.275. The van der Waals surface area contributed by atoms with Gasteiger partial charge in [-0.1, -0.05) is 11.6 Å². The topological polar surface area (TPSA) is 30.7 Å². The smallest absolute Gasteiger partial charge is 0.318 e. The van der Waals surface area contributed by atoms with E-state index < -0.39 is 12.2 Å². The van der Waals surface area contributed by atoms with E-state index in [1.165, 1.54) is 12.3 Å². The lowest BCUT2D eigenvalue weighted by atomic mass is 10.3. The Hall–Kier alpha value is -1.30. The zero-order valence-electron chi connectivity index (χ0n) is 8.16. The second-order valence-electron chi connectivity index (χ2n) is 3.37. The molecule has 0 amide bonds. The van der Waals surface area contributed by atoms with Crippen LogP contribution in [0.25, 0.3) is 11.0 Å². The lowest BCUT2D eigenvalue weighted by Crippen LogP contribution is -2.23. The monoisotopic (exact) mass is 249 g/mol. The Kier molecular flexibility index (Phi) is 2.53. The quantitative estimate of drug-likeness (QED) is 0.727. The number of aromatic nitrogens is 3. The Labute approximate surface area is 93.9 Å². The third-order valence-electron chi connectivity index (χ3n) is 2.32. The Bertz CT molecular complexity index is 520. The predicted molar refractivity (Wildman–Crippen MR) is 53.3 cm³/mol. The molecule has 1 atom stereocenters. The van der Waals surface area contributed by atoms with Crippen LogP contribution in [0.5, 0.6) is 0 Å². The zero-order valence-corrected chi connectivity index (χ0v) is 8.92. The van der Waals surface area contributed by atoms with Gasteiger partial charge in [0.15, 0.2) is 0 Å². The largest absolute Gasteiger partial charge is 0.408 e. The first-order valence-electron chi connectivity index (χ1n) is 4.44. The minimum absolute atomic E-state index is 0.142. The molecular formula is C9H7ClF3N3. The molecule has 0 N–H and O–H groups in total. The number of hydrogen-bond acceptors (Lipinski definition) is 2. The lowest BCUT2D eigenvalue weighted by Gasteiger charge is -2.17. The van der Waals surface area contributed by atoms with Crippen molar-refractivity contribution < 1.29 is 13.2 Å². The van der Waals surface area contributed by atoms with Gasteiger partial charge in [0.25, 0.3) is 0 Å². The normalized spacial score (nSPS) is 14.3. The second-order valence-corrected chi connectivity index (χ2v) is 3.75. The molecule has 2 aromatic heterocycles. The van der Waals surface area contributed by atoms with Crippen LogP contribution in [-0.2, 0) is 0 Å². The van der Waals surface area contributed by atoms with Crippen LogP contribution in [0.15, 0.2) is 18.6 Å². The molecule has 0 radical (unpaired) electrons. The number of hydrogen-bond donors (Lipinski definition) is 0. The number of halogens is 4. The third kappa shape index (κ3) is 1.84. The van der Waals surface area contributed by atoms with Gasteiger partial charge >= 0.3 is 6.18 Å². The van der Waals surface area contributed by atoms with Gasteiger partial charge in [-0.25, -0.2) is 9.97 Å². The van der Waals surface area contributed by atoms with Gasteiger partial charge in [-0.3, -0.25) is 0 Å². The summed E-state index contributed by atoms with van der Waals surface area (Å²) in [5.41, 5.74) is 0.713. The molecule has 2 rings (SSSR count). The van der Waals surface area contributed by atoms with Crippen LogP contribution < -0.4 is 0 Å². The van der Waals surface area contributed by atoms with Gasteiger partial charge in [0.1, 0.15) is 16.7 Å².